The van der Waals surface area contributed by atoms with Crippen LogP contribution >= 0.6 is 0 Å². The van der Waals surface area contributed by atoms with Crippen molar-refractivity contribution in [2.45, 2.75) is 106 Å². The number of aliphatic hydroxyl groups is 6. The van der Waals surface area contributed by atoms with Gasteiger partial charge in [-0.1, -0.05) is 6.42 Å². The maximum absolute atomic E-state index is 10.8. The fourth-order valence-electron chi connectivity index (χ4n) is 3.68. The number of aliphatic imine (C=N–C) groups is 1. The van der Waals surface area contributed by atoms with Crippen molar-refractivity contribution in [2.75, 3.05) is 26.3 Å². The lowest BCUT2D eigenvalue weighted by Gasteiger charge is -2.41. The molecule has 1 rings (SSSR count). The van der Waals surface area contributed by atoms with Crippen molar-refractivity contribution in [3.05, 3.63) is 0 Å². The van der Waals surface area contributed by atoms with Crippen LogP contribution in [-0.2, 0) is 28.6 Å². The van der Waals surface area contributed by atoms with Gasteiger partial charge in [-0.15, -0.1) is 0 Å². The van der Waals surface area contributed by atoms with Gasteiger partial charge in [-0.2, -0.15) is 0 Å². The number of nitrogens with two attached hydrogens (primary N) is 3. The summed E-state index contributed by atoms with van der Waals surface area (Å²) in [6.45, 7) is -0.708. The van der Waals surface area contributed by atoms with Crippen LogP contribution in [0.2, 0.25) is 0 Å². The van der Waals surface area contributed by atoms with E-state index in [2.05, 4.69) is 4.99 Å². The Morgan fingerprint density at radius 1 is 0.886 bits per heavy atom. The normalized spacial score (nSPS) is 25.3. The highest BCUT2D eigenvalue weighted by atomic mass is 16.7. The van der Waals surface area contributed by atoms with Crippen molar-refractivity contribution in [3.63, 3.8) is 0 Å². The van der Waals surface area contributed by atoms with Gasteiger partial charge >= 0.3 is 17.9 Å². The SMILES string of the molecule is NC(CCCCN=C[C@H](O[C@H]1O[C@H](CO)[C@@H](O)[C@H](O)[C@H]1O)[C@@H](CO)O[C@H](O)CC(=O)O)C(=O)O.NCCCCC(N)C(=O)O. The molecule has 1 saturated heterocycles. The molecule has 10 atom stereocenters. The molecular formula is C25H48N4O15. The van der Waals surface area contributed by atoms with Crippen molar-refractivity contribution in [3.8, 4) is 0 Å². The maximum Gasteiger partial charge on any atom is 0.320 e. The predicted molar refractivity (Wildman–Crippen MR) is 150 cm³/mol. The smallest absolute Gasteiger partial charge is 0.320 e. The topological polar surface area (TPSA) is 351 Å². The van der Waals surface area contributed by atoms with Crippen molar-refractivity contribution in [1.29, 1.82) is 0 Å². The summed E-state index contributed by atoms with van der Waals surface area (Å²) in [7, 11) is 0. The third-order valence-electron chi connectivity index (χ3n) is 6.28. The molecule has 0 aromatic rings. The van der Waals surface area contributed by atoms with Crippen LogP contribution in [0.15, 0.2) is 4.99 Å². The number of hydrogen-bond acceptors (Lipinski definition) is 16. The molecule has 1 heterocycles. The molecule has 19 heteroatoms. The van der Waals surface area contributed by atoms with Crippen molar-refractivity contribution < 1.29 is 74.6 Å². The van der Waals surface area contributed by atoms with E-state index in [1.165, 1.54) is 0 Å². The molecule has 2 unspecified atom stereocenters. The largest absolute Gasteiger partial charge is 0.481 e. The predicted octanol–water partition coefficient (Wildman–Crippen LogP) is -4.48. The average molecular weight is 645 g/mol. The van der Waals surface area contributed by atoms with Crippen LogP contribution in [0, 0.1) is 0 Å². The molecule has 0 amide bonds. The molecule has 19 nitrogen and oxygen atoms in total. The van der Waals surface area contributed by atoms with E-state index in [9.17, 15) is 45.0 Å². The summed E-state index contributed by atoms with van der Waals surface area (Å²) in [6.07, 6.45) is -8.95. The molecule has 0 aliphatic carbocycles. The molecule has 1 aliphatic heterocycles. The Morgan fingerprint density at radius 3 is 1.93 bits per heavy atom. The molecule has 0 aromatic carbocycles. The van der Waals surface area contributed by atoms with E-state index < -0.39 is 98.8 Å². The average Bonchev–Trinajstić information content (AvgIpc) is 2.96. The van der Waals surface area contributed by atoms with E-state index in [0.29, 0.717) is 25.8 Å². The molecule has 15 N–H and O–H groups in total. The van der Waals surface area contributed by atoms with Gasteiger partial charge in [0.05, 0.1) is 19.6 Å². The fourth-order valence-corrected chi connectivity index (χ4v) is 3.68. The van der Waals surface area contributed by atoms with Gasteiger partial charge in [0.15, 0.2) is 12.6 Å². The summed E-state index contributed by atoms with van der Waals surface area (Å²) in [5, 5.41) is 84.7. The molecule has 0 aromatic heterocycles. The van der Waals surface area contributed by atoms with Gasteiger partial charge in [0.25, 0.3) is 0 Å². The number of carbonyl (C=O) groups is 3. The van der Waals surface area contributed by atoms with Crippen LogP contribution in [0.5, 0.6) is 0 Å². The minimum absolute atomic E-state index is 0.177. The highest BCUT2D eigenvalue weighted by molar-refractivity contribution is 5.73. The van der Waals surface area contributed by atoms with Crippen molar-refractivity contribution in [2.24, 2.45) is 22.2 Å². The molecule has 258 valence electrons. The van der Waals surface area contributed by atoms with Gasteiger partial charge in [0, 0.05) is 12.8 Å². The molecule has 0 radical (unpaired) electrons. The van der Waals surface area contributed by atoms with Gasteiger partial charge in [-0.05, 0) is 38.6 Å². The second-order valence-electron chi connectivity index (χ2n) is 9.93. The number of aliphatic carboxylic acids is 3. The molecule has 0 saturated carbocycles. The van der Waals surface area contributed by atoms with Crippen LogP contribution in [0.1, 0.15) is 44.9 Å². The quantitative estimate of drug-likeness (QED) is 0.0318. The Balaban J connectivity index is 0.00000158. The third-order valence-corrected chi connectivity index (χ3v) is 6.28. The fraction of sp³-hybridized carbons (Fsp3) is 0.840. The monoisotopic (exact) mass is 644 g/mol. The van der Waals surface area contributed by atoms with Crippen molar-refractivity contribution in [1.82, 2.24) is 0 Å². The molecule has 44 heavy (non-hydrogen) atoms. The van der Waals surface area contributed by atoms with Gasteiger partial charge in [0.2, 0.25) is 0 Å². The van der Waals surface area contributed by atoms with Crippen LogP contribution in [-0.4, -0.2) is 158 Å². The summed E-state index contributed by atoms with van der Waals surface area (Å²) >= 11 is 0. The molecular weight excluding hydrogens is 596 g/mol. The standard InChI is InChI=1S/C19H34N2O13.C6H14N2O2/c20-9(18(30)31)3-1-2-4-21-6-10(11(7-22)32-14(26)5-13(24)25)33-19-17(29)16(28)15(27)12(8-23)34-19;7-4-2-1-3-5(8)6(9)10/h6,9-12,14-17,19,22-23,26-29H,1-5,7-8,20H2,(H,24,25)(H,30,31);5H,1-4,7-8H2,(H,9,10)/t9?,10-,11+,12+,14-,15+,16-,17+,19-;/m0./s1. The van der Waals surface area contributed by atoms with E-state index in [1.807, 2.05) is 0 Å². The zero-order valence-corrected chi connectivity index (χ0v) is 24.3. The Morgan fingerprint density at radius 2 is 1.45 bits per heavy atom. The van der Waals surface area contributed by atoms with Gasteiger partial charge in [-0.25, -0.2) is 0 Å². The number of nitrogens with zero attached hydrogens (tertiary/aromatic N) is 1. The van der Waals surface area contributed by atoms with Crippen LogP contribution in [0.25, 0.3) is 0 Å². The first-order chi connectivity index (χ1) is 20.7. The second-order valence-corrected chi connectivity index (χ2v) is 9.93. The first-order valence-electron chi connectivity index (χ1n) is 14.0. The first-order valence-corrected chi connectivity index (χ1v) is 14.0. The number of unbranched alkanes of at least 4 members (excludes halogenated alkanes) is 2. The Hall–Kier alpha value is -2.40. The number of hydrogen-bond donors (Lipinski definition) is 12. The lowest BCUT2D eigenvalue weighted by molar-refractivity contribution is -0.315. The number of aliphatic hydroxyl groups excluding tert-OH is 6. The van der Waals surface area contributed by atoms with E-state index >= 15 is 0 Å². The van der Waals surface area contributed by atoms with Crippen LogP contribution < -0.4 is 17.2 Å². The molecule has 1 aliphatic rings. The Labute approximate surface area is 253 Å². The summed E-state index contributed by atoms with van der Waals surface area (Å²) in [5.41, 5.74) is 15.8. The summed E-state index contributed by atoms with van der Waals surface area (Å²) in [5.74, 6) is -3.43. The minimum Gasteiger partial charge on any atom is -0.481 e. The zero-order valence-electron chi connectivity index (χ0n) is 24.3. The van der Waals surface area contributed by atoms with Gasteiger partial charge in [0.1, 0.15) is 48.7 Å². The molecule has 0 spiro atoms. The highest BCUT2D eigenvalue weighted by Gasteiger charge is 2.45. The number of ether oxygens (including phenoxy) is 3. The van der Waals surface area contributed by atoms with E-state index in [0.717, 1.165) is 19.1 Å². The highest BCUT2D eigenvalue weighted by Crippen LogP contribution is 2.24. The zero-order chi connectivity index (χ0) is 33.8. The Kier molecular flexibility index (Phi) is 21.8. The van der Waals surface area contributed by atoms with Crippen LogP contribution in [0.4, 0.5) is 0 Å². The summed E-state index contributed by atoms with van der Waals surface area (Å²) in [6, 6.07) is -1.72. The molecule has 0 bridgehead atoms. The second kappa shape index (κ2) is 23.0. The van der Waals surface area contributed by atoms with E-state index in [-0.39, 0.29) is 13.0 Å². The van der Waals surface area contributed by atoms with E-state index in [1.54, 1.807) is 0 Å². The third kappa shape index (κ3) is 16.6. The number of carboxylic acids is 3. The Bertz CT molecular complexity index is 852. The first kappa shape index (κ1) is 41.6. The lowest BCUT2D eigenvalue weighted by atomic mass is 9.99. The van der Waals surface area contributed by atoms with Gasteiger partial charge < -0.3 is 77.4 Å². The van der Waals surface area contributed by atoms with Crippen molar-refractivity contribution >= 4 is 24.1 Å². The van der Waals surface area contributed by atoms with Crippen LogP contribution in [0.3, 0.4) is 0 Å². The maximum atomic E-state index is 10.8. The summed E-state index contributed by atoms with van der Waals surface area (Å²) in [4.78, 5) is 35.7. The summed E-state index contributed by atoms with van der Waals surface area (Å²) < 4.78 is 15.9. The minimum atomic E-state index is -1.82. The van der Waals surface area contributed by atoms with E-state index in [4.69, 9.17) is 46.7 Å². The number of carboxylic acid groups (broad SMARTS) is 3. The van der Waals surface area contributed by atoms with Gasteiger partial charge in [-0.3, -0.25) is 19.4 Å². The lowest BCUT2D eigenvalue weighted by Crippen LogP contribution is -2.60. The molecule has 1 fully saturated rings. The number of rotatable bonds is 21.